The third-order valence-corrected chi connectivity index (χ3v) is 9.08. The Balaban J connectivity index is 1.06. The van der Waals surface area contributed by atoms with Crippen LogP contribution < -0.4 is 10.6 Å². The minimum Gasteiger partial charge on any atom is -0.353 e. The van der Waals surface area contributed by atoms with Crippen LogP contribution in [0.4, 0.5) is 0 Å². The van der Waals surface area contributed by atoms with Crippen LogP contribution in [0.1, 0.15) is 148 Å². The summed E-state index contributed by atoms with van der Waals surface area (Å²) in [4.78, 5) is 24.7. The van der Waals surface area contributed by atoms with Crippen molar-refractivity contribution in [2.24, 2.45) is 0 Å². The van der Waals surface area contributed by atoms with Gasteiger partial charge in [0.2, 0.25) is 11.8 Å². The highest BCUT2D eigenvalue weighted by Crippen LogP contribution is 2.20. The van der Waals surface area contributed by atoms with Crippen LogP contribution in [0.3, 0.4) is 0 Å². The largest absolute Gasteiger partial charge is 0.353 e. The molecule has 4 atom stereocenters. The second kappa shape index (κ2) is 25.4. The van der Waals surface area contributed by atoms with Crippen LogP contribution in [0, 0.1) is 0 Å². The molecule has 1 saturated carbocycles. The molecule has 0 aromatic carbocycles. The molecule has 3 fully saturated rings. The summed E-state index contributed by atoms with van der Waals surface area (Å²) in [5.41, 5.74) is 0. The van der Waals surface area contributed by atoms with Crippen LogP contribution in [-0.2, 0) is 28.5 Å². The lowest BCUT2D eigenvalue weighted by atomic mass is 10.1. The van der Waals surface area contributed by atoms with Crippen molar-refractivity contribution in [1.29, 1.82) is 0 Å². The number of amides is 2. The van der Waals surface area contributed by atoms with E-state index in [1.54, 1.807) is 12.2 Å². The Labute approximate surface area is 273 Å². The zero-order valence-electron chi connectivity index (χ0n) is 28.2. The lowest BCUT2D eigenvalue weighted by Crippen LogP contribution is -2.36. The Morgan fingerprint density at radius 1 is 0.556 bits per heavy atom. The third kappa shape index (κ3) is 19.5. The molecule has 2 saturated heterocycles. The van der Waals surface area contributed by atoms with Crippen molar-refractivity contribution in [2.45, 2.75) is 172 Å². The number of rotatable bonds is 24. The van der Waals surface area contributed by atoms with Gasteiger partial charge >= 0.3 is 0 Å². The van der Waals surface area contributed by atoms with Crippen LogP contribution in [-0.4, -0.2) is 62.9 Å². The molecule has 2 heterocycles. The van der Waals surface area contributed by atoms with Gasteiger partial charge in [-0.25, -0.2) is 0 Å². The highest BCUT2D eigenvalue weighted by Gasteiger charge is 2.26. The smallest absolute Gasteiger partial charge is 0.243 e. The monoisotopic (exact) mass is 632 g/mol. The van der Waals surface area contributed by atoms with E-state index in [0.717, 1.165) is 110 Å². The Kier molecular flexibility index (Phi) is 21.3. The topological polar surface area (TPSA) is 95.1 Å². The summed E-state index contributed by atoms with van der Waals surface area (Å²) in [6.45, 7) is 3.30. The van der Waals surface area contributed by atoms with Crippen LogP contribution in [0.2, 0.25) is 0 Å². The van der Waals surface area contributed by atoms with Gasteiger partial charge in [-0.05, 0) is 108 Å². The van der Waals surface area contributed by atoms with E-state index in [-0.39, 0.29) is 36.5 Å². The summed E-state index contributed by atoms with van der Waals surface area (Å²) < 4.78 is 22.8. The second-order valence-electron chi connectivity index (χ2n) is 13.2. The molecule has 2 N–H and O–H groups in total. The van der Waals surface area contributed by atoms with E-state index < -0.39 is 0 Å². The first kappa shape index (κ1) is 37.7. The van der Waals surface area contributed by atoms with E-state index in [4.69, 9.17) is 18.9 Å². The number of carbonyl (C=O) groups excluding carboxylic acids is 2. The molecule has 8 heteroatoms. The summed E-state index contributed by atoms with van der Waals surface area (Å²) in [5, 5.41) is 6.22. The van der Waals surface area contributed by atoms with Gasteiger partial charge in [0, 0.05) is 38.5 Å². The van der Waals surface area contributed by atoms with Crippen LogP contribution in [0.15, 0.2) is 24.3 Å². The van der Waals surface area contributed by atoms with E-state index >= 15 is 0 Å². The maximum atomic E-state index is 12.3. The fraction of sp³-hybridized carbons (Fsp3) is 0.838. The van der Waals surface area contributed by atoms with Crippen molar-refractivity contribution in [3.05, 3.63) is 24.3 Å². The lowest BCUT2D eigenvalue weighted by Gasteiger charge is -2.22. The Bertz CT molecular complexity index is 756. The first-order chi connectivity index (χ1) is 22.2. The number of hydrogen-bond acceptors (Lipinski definition) is 6. The van der Waals surface area contributed by atoms with Crippen molar-refractivity contribution < 1.29 is 28.5 Å². The zero-order chi connectivity index (χ0) is 31.6. The minimum atomic E-state index is -0.0174. The summed E-state index contributed by atoms with van der Waals surface area (Å²) in [6, 6.07) is 0.273. The summed E-state index contributed by atoms with van der Waals surface area (Å²) >= 11 is 0. The number of nitrogens with one attached hydrogen (secondary N) is 2. The summed E-state index contributed by atoms with van der Waals surface area (Å²) in [5.74, 6) is -0.0348. The predicted molar refractivity (Wildman–Crippen MR) is 180 cm³/mol. The Morgan fingerprint density at radius 3 is 1.40 bits per heavy atom. The molecule has 0 bridgehead atoms. The maximum absolute atomic E-state index is 12.3. The van der Waals surface area contributed by atoms with E-state index in [1.165, 1.54) is 64.2 Å². The first-order valence-corrected chi connectivity index (χ1v) is 18.6. The molecule has 0 aromatic heterocycles. The molecule has 1 aliphatic carbocycles. The van der Waals surface area contributed by atoms with Gasteiger partial charge < -0.3 is 29.6 Å². The van der Waals surface area contributed by atoms with Gasteiger partial charge in [-0.15, -0.1) is 0 Å². The quantitative estimate of drug-likeness (QED) is 0.0833. The van der Waals surface area contributed by atoms with Gasteiger partial charge in [-0.1, -0.05) is 63.5 Å². The molecule has 0 radical (unpaired) electrons. The van der Waals surface area contributed by atoms with Gasteiger partial charge in [-0.2, -0.15) is 0 Å². The fourth-order valence-corrected chi connectivity index (χ4v) is 6.38. The van der Waals surface area contributed by atoms with Gasteiger partial charge in [0.25, 0.3) is 0 Å². The molecule has 3 aliphatic rings. The van der Waals surface area contributed by atoms with Crippen molar-refractivity contribution in [2.75, 3.05) is 26.4 Å². The highest BCUT2D eigenvalue weighted by atomic mass is 16.7. The average molecular weight is 633 g/mol. The summed E-state index contributed by atoms with van der Waals surface area (Å²) in [6.07, 6.45) is 33.0. The van der Waals surface area contributed by atoms with Crippen molar-refractivity contribution in [3.8, 4) is 0 Å². The number of unbranched alkanes of at least 4 members (excludes halogenated alkanes) is 12. The Hall–Kier alpha value is -1.74. The molecule has 3 rings (SSSR count). The van der Waals surface area contributed by atoms with Crippen LogP contribution >= 0.6 is 0 Å². The van der Waals surface area contributed by atoms with E-state index in [9.17, 15) is 9.59 Å². The average Bonchev–Trinajstić information content (AvgIpc) is 3.49. The van der Waals surface area contributed by atoms with Gasteiger partial charge in [-0.3, -0.25) is 9.59 Å². The molecule has 258 valence electrons. The SMILES string of the molecule is O=C(C=CCCCCCCCCOC1CCCCO1)N[C@@H]1CC[C@H](NC(=O)C=CCCCCCCCCOC2CCCCO2)C1. The third-order valence-electron chi connectivity index (χ3n) is 9.08. The fourth-order valence-electron chi connectivity index (χ4n) is 6.38. The second-order valence-corrected chi connectivity index (χ2v) is 13.2. The summed E-state index contributed by atoms with van der Waals surface area (Å²) in [7, 11) is 0. The van der Waals surface area contributed by atoms with Gasteiger partial charge in [0.15, 0.2) is 12.6 Å². The minimum absolute atomic E-state index is 0.0174. The number of carbonyl (C=O) groups is 2. The molecule has 0 aromatic rings. The molecule has 0 spiro atoms. The molecular weight excluding hydrogens is 568 g/mol. The lowest BCUT2D eigenvalue weighted by molar-refractivity contribution is -0.163. The van der Waals surface area contributed by atoms with Gasteiger partial charge in [0.1, 0.15) is 0 Å². The maximum Gasteiger partial charge on any atom is 0.243 e. The van der Waals surface area contributed by atoms with Crippen LogP contribution in [0.25, 0.3) is 0 Å². The van der Waals surface area contributed by atoms with E-state index in [2.05, 4.69) is 10.6 Å². The molecule has 45 heavy (non-hydrogen) atoms. The number of hydrogen-bond donors (Lipinski definition) is 2. The van der Waals surface area contributed by atoms with E-state index in [0.29, 0.717) is 0 Å². The highest BCUT2D eigenvalue weighted by molar-refractivity contribution is 5.88. The molecule has 8 nitrogen and oxygen atoms in total. The first-order valence-electron chi connectivity index (χ1n) is 18.6. The van der Waals surface area contributed by atoms with Gasteiger partial charge in [0.05, 0.1) is 0 Å². The van der Waals surface area contributed by atoms with Crippen molar-refractivity contribution >= 4 is 11.8 Å². The van der Waals surface area contributed by atoms with Crippen LogP contribution in [0.5, 0.6) is 0 Å². The zero-order valence-corrected chi connectivity index (χ0v) is 28.2. The normalized spacial score (nSPS) is 24.0. The van der Waals surface area contributed by atoms with Crippen molar-refractivity contribution in [1.82, 2.24) is 10.6 Å². The molecular formula is C37H64N2O6. The molecule has 2 unspecified atom stereocenters. The van der Waals surface area contributed by atoms with Crippen molar-refractivity contribution in [3.63, 3.8) is 0 Å². The predicted octanol–water partition coefficient (Wildman–Crippen LogP) is 7.80. The number of allylic oxidation sites excluding steroid dienone is 2. The number of ether oxygens (including phenoxy) is 4. The molecule has 2 aliphatic heterocycles. The van der Waals surface area contributed by atoms with E-state index in [1.807, 2.05) is 12.2 Å². The standard InChI is InChI=1S/C37H64N2O6/c40-34(21-13-9-5-1-3-7-11-17-27-42-36-23-15-19-29-44-36)38-32-25-26-33(31-32)39-35(41)22-14-10-6-2-4-8-12-18-28-43-37-24-16-20-30-45-37/h13-14,21-22,32-33,36-37H,1-12,15-20,23-31H2,(H,38,40)(H,39,41)/t32-,33+,36?,37?. The Morgan fingerprint density at radius 2 is 0.978 bits per heavy atom. The molecule has 2 amide bonds.